The maximum absolute atomic E-state index is 6.84. The van der Waals surface area contributed by atoms with E-state index in [0.29, 0.717) is 0 Å². The molecule has 0 saturated heterocycles. The molecule has 8 aromatic rings. The molecule has 8 heterocycles. The molecule has 1 unspecified atom stereocenters. The molecule has 0 N–H and O–H groups in total. The predicted molar refractivity (Wildman–Crippen MR) is 150 cm³/mol. The van der Waals surface area contributed by atoms with E-state index >= 15 is 0 Å². The maximum Gasteiger partial charge on any atom is 0.442 e. The molecular formula is C34H20N5O+3. The molecule has 40 heavy (non-hydrogen) atoms. The normalized spacial score (nSPS) is 17.3. The van der Waals surface area contributed by atoms with Crippen LogP contribution >= 0.6 is 0 Å². The molecule has 11 rings (SSSR count). The van der Waals surface area contributed by atoms with Crippen molar-refractivity contribution < 1.29 is 18.4 Å². The highest BCUT2D eigenvalue weighted by atomic mass is 16.5. The Hall–Kier alpha value is -5.49. The highest BCUT2D eigenvalue weighted by molar-refractivity contribution is 6.11. The topological polar surface area (TPSA) is 30.7 Å². The van der Waals surface area contributed by atoms with Gasteiger partial charge >= 0.3 is 11.4 Å². The second kappa shape index (κ2) is 6.21. The minimum Gasteiger partial charge on any atom is -0.422 e. The molecular weight excluding hydrogens is 494 g/mol. The van der Waals surface area contributed by atoms with Crippen LogP contribution in [0.25, 0.3) is 55.4 Å². The molecule has 5 aromatic heterocycles. The molecule has 6 heteroatoms. The van der Waals surface area contributed by atoms with Gasteiger partial charge in [0.25, 0.3) is 17.5 Å². The van der Waals surface area contributed by atoms with Crippen LogP contribution in [0.5, 0.6) is 11.6 Å². The van der Waals surface area contributed by atoms with E-state index in [2.05, 4.69) is 144 Å². The quantitative estimate of drug-likeness (QED) is 0.255. The highest BCUT2D eigenvalue weighted by Gasteiger charge is 2.67. The van der Waals surface area contributed by atoms with Gasteiger partial charge in [0.2, 0.25) is 0 Å². The van der Waals surface area contributed by atoms with Gasteiger partial charge in [-0.3, -0.25) is 0 Å². The van der Waals surface area contributed by atoms with Crippen LogP contribution in [-0.2, 0) is 5.79 Å². The Morgan fingerprint density at radius 3 is 1.95 bits per heavy atom. The minimum absolute atomic E-state index is 0.760. The summed E-state index contributed by atoms with van der Waals surface area (Å²) in [4.78, 5) is 0. The lowest BCUT2D eigenvalue weighted by Gasteiger charge is -2.38. The van der Waals surface area contributed by atoms with E-state index in [1.54, 1.807) is 0 Å². The lowest BCUT2D eigenvalue weighted by molar-refractivity contribution is -1.16. The molecule has 0 radical (unpaired) electrons. The van der Waals surface area contributed by atoms with Crippen molar-refractivity contribution in [2.24, 2.45) is 0 Å². The number of hydrogen-bond donors (Lipinski definition) is 0. The number of fused-ring (bicyclic) bond motifs is 10. The van der Waals surface area contributed by atoms with Crippen LogP contribution in [-0.4, -0.2) is 9.13 Å². The summed E-state index contributed by atoms with van der Waals surface area (Å²) in [5.41, 5.74) is 5.83. The number of rotatable bonds is 0. The Balaban J connectivity index is 1.51. The van der Waals surface area contributed by atoms with E-state index in [-0.39, 0.29) is 0 Å². The maximum atomic E-state index is 6.84. The fraction of sp³-hybridized carbons (Fsp3) is 0.0294. The molecule has 0 bridgehead atoms. The Labute approximate surface area is 227 Å². The number of para-hydroxylation sites is 2. The van der Waals surface area contributed by atoms with Gasteiger partial charge < -0.3 is 4.74 Å². The van der Waals surface area contributed by atoms with Gasteiger partial charge in [0.15, 0.2) is 16.8 Å². The number of benzene rings is 3. The van der Waals surface area contributed by atoms with Crippen LogP contribution in [0.4, 0.5) is 0 Å². The van der Waals surface area contributed by atoms with Crippen LogP contribution < -0.4 is 18.4 Å². The van der Waals surface area contributed by atoms with Gasteiger partial charge in [0.05, 0.1) is 5.39 Å². The molecule has 0 saturated carbocycles. The van der Waals surface area contributed by atoms with Crippen LogP contribution in [0.1, 0.15) is 5.56 Å². The van der Waals surface area contributed by atoms with Crippen molar-refractivity contribution in [1.82, 2.24) is 9.13 Å². The van der Waals surface area contributed by atoms with Gasteiger partial charge in [-0.2, -0.15) is 9.13 Å². The standard InChI is InChI=1S/C34H20N5O/c1-3-11-25-21(9-1)23-15-17-27-31-32(23)37(25)28-13-5-7-19-35(28)34(31)36-20-8-6-14-29(36)38-26-12-4-2-10-22(26)24-16-18-30(40-27)39(34)33(24)38/h1-20H/q+3. The van der Waals surface area contributed by atoms with Crippen molar-refractivity contribution in [2.45, 2.75) is 5.79 Å². The van der Waals surface area contributed by atoms with Crippen molar-refractivity contribution in [3.63, 3.8) is 0 Å². The van der Waals surface area contributed by atoms with Crippen molar-refractivity contribution in [3.8, 4) is 23.3 Å². The lowest BCUT2D eigenvalue weighted by Crippen LogP contribution is -2.91. The molecule has 0 aliphatic carbocycles. The molecule has 0 fully saturated rings. The first-order chi connectivity index (χ1) is 19.9. The van der Waals surface area contributed by atoms with Gasteiger partial charge in [-0.05, 0) is 54.6 Å². The second-order valence-corrected chi connectivity index (χ2v) is 10.9. The third-order valence-corrected chi connectivity index (χ3v) is 9.18. The first kappa shape index (κ1) is 19.6. The van der Waals surface area contributed by atoms with E-state index in [9.17, 15) is 0 Å². The second-order valence-electron chi connectivity index (χ2n) is 10.9. The average Bonchev–Trinajstić information content (AvgIpc) is 3.54. The summed E-state index contributed by atoms with van der Waals surface area (Å²) in [6.45, 7) is 0. The summed E-state index contributed by atoms with van der Waals surface area (Å²) in [6.07, 6.45) is 4.44. The molecule has 3 aromatic carbocycles. The summed E-state index contributed by atoms with van der Waals surface area (Å²) in [7, 11) is 0. The Morgan fingerprint density at radius 2 is 1.18 bits per heavy atom. The smallest absolute Gasteiger partial charge is 0.422 e. The zero-order chi connectivity index (χ0) is 25.7. The first-order valence-electron chi connectivity index (χ1n) is 13.6. The molecule has 6 nitrogen and oxygen atoms in total. The number of hydrogen-bond acceptors (Lipinski definition) is 1. The van der Waals surface area contributed by atoms with E-state index in [1.807, 2.05) is 0 Å². The SMILES string of the molecule is c1cc[n+]2c(c1)-n1c3ccccc3c3ccc4c(c31)C21[n+]2ccccc2-n2c3ccccc3c3ccc([n+]1c32)O4. The Kier molecular flexibility index (Phi) is 3.04. The molecule has 3 aliphatic heterocycles. The van der Waals surface area contributed by atoms with E-state index < -0.39 is 5.79 Å². The van der Waals surface area contributed by atoms with Crippen LogP contribution in [0.15, 0.2) is 122 Å². The summed E-state index contributed by atoms with van der Waals surface area (Å²) >= 11 is 0. The highest BCUT2D eigenvalue weighted by Crippen LogP contribution is 2.48. The zero-order valence-electron chi connectivity index (χ0n) is 21.2. The fourth-order valence-electron chi connectivity index (χ4n) is 7.83. The van der Waals surface area contributed by atoms with E-state index in [4.69, 9.17) is 4.74 Å². The van der Waals surface area contributed by atoms with Crippen molar-refractivity contribution in [1.29, 1.82) is 0 Å². The summed E-state index contributed by atoms with van der Waals surface area (Å²) < 4.78 is 18.9. The summed E-state index contributed by atoms with van der Waals surface area (Å²) in [6, 6.07) is 39.2. The zero-order valence-corrected chi connectivity index (χ0v) is 21.2. The van der Waals surface area contributed by atoms with E-state index in [0.717, 1.165) is 34.5 Å². The third kappa shape index (κ3) is 1.84. The van der Waals surface area contributed by atoms with Crippen LogP contribution in [0, 0.1) is 0 Å². The Morgan fingerprint density at radius 1 is 0.550 bits per heavy atom. The van der Waals surface area contributed by atoms with Crippen molar-refractivity contribution >= 4 is 43.7 Å². The minimum atomic E-state index is -0.760. The number of pyridine rings is 3. The van der Waals surface area contributed by atoms with Gasteiger partial charge in [0, 0.05) is 34.4 Å². The summed E-state index contributed by atoms with van der Waals surface area (Å²) in [5, 5.41) is 4.91. The molecule has 1 spiro atoms. The lowest BCUT2D eigenvalue weighted by atomic mass is 9.96. The summed E-state index contributed by atoms with van der Waals surface area (Å²) in [5.74, 6) is 3.16. The molecule has 1 atom stereocenters. The Bertz CT molecular complexity index is 2310. The van der Waals surface area contributed by atoms with Crippen molar-refractivity contribution in [2.75, 3.05) is 0 Å². The molecule has 0 amide bonds. The third-order valence-electron chi connectivity index (χ3n) is 9.18. The van der Waals surface area contributed by atoms with E-state index in [1.165, 1.54) is 38.1 Å². The average molecular weight is 515 g/mol. The van der Waals surface area contributed by atoms with Crippen LogP contribution in [0.2, 0.25) is 0 Å². The predicted octanol–water partition coefficient (Wildman–Crippen LogP) is 5.23. The number of nitrogens with zero attached hydrogens (tertiary/aromatic N) is 5. The van der Waals surface area contributed by atoms with Crippen molar-refractivity contribution in [3.05, 3.63) is 127 Å². The number of aromatic nitrogens is 5. The number of ether oxygens (including phenoxy) is 1. The fourth-order valence-corrected chi connectivity index (χ4v) is 7.83. The monoisotopic (exact) mass is 514 g/mol. The largest absolute Gasteiger partial charge is 0.442 e. The van der Waals surface area contributed by atoms with Gasteiger partial charge in [-0.1, -0.05) is 36.4 Å². The van der Waals surface area contributed by atoms with Gasteiger partial charge in [-0.25, -0.2) is 0 Å². The van der Waals surface area contributed by atoms with Gasteiger partial charge in [-0.15, -0.1) is 13.7 Å². The molecule has 3 aliphatic rings. The van der Waals surface area contributed by atoms with Crippen LogP contribution in [0.3, 0.4) is 0 Å². The molecule has 184 valence electrons. The first-order valence-corrected chi connectivity index (χ1v) is 13.6. The van der Waals surface area contributed by atoms with Gasteiger partial charge in [0.1, 0.15) is 23.4 Å².